The van der Waals surface area contributed by atoms with E-state index >= 15 is 0 Å². The van der Waals surface area contributed by atoms with Gasteiger partial charge in [0.2, 0.25) is 0 Å². The second-order valence-electron chi connectivity index (χ2n) is 6.29. The number of rotatable bonds is 7. The van der Waals surface area contributed by atoms with Crippen LogP contribution in [-0.4, -0.2) is 25.8 Å². The molecule has 1 aliphatic heterocycles. The molecule has 3 rings (SSSR count). The van der Waals surface area contributed by atoms with E-state index in [9.17, 15) is 0 Å². The van der Waals surface area contributed by atoms with Crippen molar-refractivity contribution in [2.45, 2.75) is 51.2 Å². The number of ether oxygens (including phenoxy) is 2. The molecule has 1 saturated heterocycles. The van der Waals surface area contributed by atoms with Gasteiger partial charge in [0.05, 0.1) is 12.7 Å². The SMILES string of the molecule is CCCOc1ccc(C2OCCCC2CNC2CC2)cc1. The molecule has 2 atom stereocenters. The molecule has 0 bridgehead atoms. The summed E-state index contributed by atoms with van der Waals surface area (Å²) in [6, 6.07) is 9.27. The molecule has 0 spiro atoms. The zero-order valence-corrected chi connectivity index (χ0v) is 13.0. The highest BCUT2D eigenvalue weighted by atomic mass is 16.5. The molecule has 1 aromatic rings. The van der Waals surface area contributed by atoms with E-state index in [1.54, 1.807) is 0 Å². The van der Waals surface area contributed by atoms with Crippen molar-refractivity contribution < 1.29 is 9.47 Å². The van der Waals surface area contributed by atoms with Gasteiger partial charge in [0, 0.05) is 25.1 Å². The Morgan fingerprint density at radius 3 is 2.71 bits per heavy atom. The summed E-state index contributed by atoms with van der Waals surface area (Å²) in [4.78, 5) is 0. The maximum absolute atomic E-state index is 6.07. The van der Waals surface area contributed by atoms with Crippen molar-refractivity contribution in [3.05, 3.63) is 29.8 Å². The predicted octanol–water partition coefficient (Wildman–Crippen LogP) is 3.70. The van der Waals surface area contributed by atoms with Crippen LogP contribution in [0, 0.1) is 5.92 Å². The highest BCUT2D eigenvalue weighted by molar-refractivity contribution is 5.29. The van der Waals surface area contributed by atoms with Crippen LogP contribution < -0.4 is 10.1 Å². The monoisotopic (exact) mass is 289 g/mol. The Hall–Kier alpha value is -1.06. The Morgan fingerprint density at radius 2 is 2.00 bits per heavy atom. The summed E-state index contributed by atoms with van der Waals surface area (Å²) in [5, 5.41) is 3.66. The zero-order valence-electron chi connectivity index (χ0n) is 13.0. The number of benzene rings is 1. The molecule has 1 saturated carbocycles. The normalized spacial score (nSPS) is 25.8. The second kappa shape index (κ2) is 7.28. The molecule has 1 heterocycles. The smallest absolute Gasteiger partial charge is 0.119 e. The second-order valence-corrected chi connectivity index (χ2v) is 6.29. The summed E-state index contributed by atoms with van der Waals surface area (Å²) in [5.74, 6) is 1.56. The first-order chi connectivity index (χ1) is 10.4. The number of nitrogens with one attached hydrogen (secondary N) is 1. The van der Waals surface area contributed by atoms with Crippen LogP contribution in [0.1, 0.15) is 50.7 Å². The first kappa shape index (κ1) is 14.9. The van der Waals surface area contributed by atoms with Gasteiger partial charge in [-0.05, 0) is 49.8 Å². The van der Waals surface area contributed by atoms with Gasteiger partial charge in [0.15, 0.2) is 0 Å². The lowest BCUT2D eigenvalue weighted by atomic mass is 9.89. The Morgan fingerprint density at radius 1 is 1.19 bits per heavy atom. The molecular weight excluding hydrogens is 262 g/mol. The van der Waals surface area contributed by atoms with E-state index in [0.717, 1.165) is 38.0 Å². The Bertz CT molecular complexity index is 427. The van der Waals surface area contributed by atoms with Gasteiger partial charge in [0.1, 0.15) is 5.75 Å². The van der Waals surface area contributed by atoms with Crippen LogP contribution in [0.3, 0.4) is 0 Å². The molecule has 0 aromatic heterocycles. The molecule has 1 N–H and O–H groups in total. The molecule has 1 aliphatic carbocycles. The van der Waals surface area contributed by atoms with E-state index < -0.39 is 0 Å². The van der Waals surface area contributed by atoms with E-state index in [-0.39, 0.29) is 6.10 Å². The van der Waals surface area contributed by atoms with Gasteiger partial charge < -0.3 is 14.8 Å². The minimum Gasteiger partial charge on any atom is -0.494 e. The van der Waals surface area contributed by atoms with Crippen LogP contribution in [0.4, 0.5) is 0 Å². The van der Waals surface area contributed by atoms with E-state index in [1.807, 2.05) is 0 Å². The molecule has 0 amide bonds. The fourth-order valence-corrected chi connectivity index (χ4v) is 3.00. The van der Waals surface area contributed by atoms with E-state index in [0.29, 0.717) is 5.92 Å². The first-order valence-electron chi connectivity index (χ1n) is 8.44. The summed E-state index contributed by atoms with van der Waals surface area (Å²) >= 11 is 0. The van der Waals surface area contributed by atoms with Gasteiger partial charge in [-0.15, -0.1) is 0 Å². The third kappa shape index (κ3) is 4.21. The van der Waals surface area contributed by atoms with Crippen LogP contribution >= 0.6 is 0 Å². The van der Waals surface area contributed by atoms with Crippen LogP contribution in [0.5, 0.6) is 5.75 Å². The quantitative estimate of drug-likeness (QED) is 0.830. The standard InChI is InChI=1S/C18H27NO2/c1-2-11-20-17-9-5-14(6-10-17)18-15(4-3-12-21-18)13-19-16-7-8-16/h5-6,9-10,15-16,18-19H,2-4,7-8,11-13H2,1H3. The maximum atomic E-state index is 6.07. The largest absolute Gasteiger partial charge is 0.494 e. The van der Waals surface area contributed by atoms with Crippen molar-refractivity contribution in [3.63, 3.8) is 0 Å². The lowest BCUT2D eigenvalue weighted by Gasteiger charge is -2.32. The Labute approximate surface area is 128 Å². The summed E-state index contributed by atoms with van der Waals surface area (Å²) in [7, 11) is 0. The van der Waals surface area contributed by atoms with Crippen molar-refractivity contribution in [2.75, 3.05) is 19.8 Å². The first-order valence-corrected chi connectivity index (χ1v) is 8.44. The van der Waals surface area contributed by atoms with Gasteiger partial charge in [0.25, 0.3) is 0 Å². The van der Waals surface area contributed by atoms with E-state index in [2.05, 4.69) is 36.5 Å². The van der Waals surface area contributed by atoms with Gasteiger partial charge >= 0.3 is 0 Å². The summed E-state index contributed by atoms with van der Waals surface area (Å²) < 4.78 is 11.7. The predicted molar refractivity (Wildman–Crippen MR) is 84.7 cm³/mol. The van der Waals surface area contributed by atoms with Crippen molar-refractivity contribution in [1.82, 2.24) is 5.32 Å². The highest BCUT2D eigenvalue weighted by Gasteiger charge is 2.29. The topological polar surface area (TPSA) is 30.5 Å². The average molecular weight is 289 g/mol. The number of hydrogen-bond donors (Lipinski definition) is 1. The lowest BCUT2D eigenvalue weighted by Crippen LogP contribution is -2.32. The molecule has 3 heteroatoms. The molecule has 3 nitrogen and oxygen atoms in total. The van der Waals surface area contributed by atoms with Gasteiger partial charge in [-0.2, -0.15) is 0 Å². The van der Waals surface area contributed by atoms with Crippen molar-refractivity contribution in [1.29, 1.82) is 0 Å². The summed E-state index contributed by atoms with van der Waals surface area (Å²) in [5.41, 5.74) is 1.29. The minimum absolute atomic E-state index is 0.241. The third-order valence-electron chi connectivity index (χ3n) is 4.37. The van der Waals surface area contributed by atoms with Crippen molar-refractivity contribution in [3.8, 4) is 5.75 Å². The average Bonchev–Trinajstić information content (AvgIpc) is 3.36. The Kier molecular flexibility index (Phi) is 5.15. The molecule has 21 heavy (non-hydrogen) atoms. The Balaban J connectivity index is 1.61. The molecule has 2 fully saturated rings. The fourth-order valence-electron chi connectivity index (χ4n) is 3.00. The van der Waals surface area contributed by atoms with Gasteiger partial charge in [-0.3, -0.25) is 0 Å². The fraction of sp³-hybridized carbons (Fsp3) is 0.667. The van der Waals surface area contributed by atoms with Crippen LogP contribution in [0.25, 0.3) is 0 Å². The molecule has 1 aromatic carbocycles. The van der Waals surface area contributed by atoms with Crippen molar-refractivity contribution >= 4 is 0 Å². The lowest BCUT2D eigenvalue weighted by molar-refractivity contribution is -0.0278. The molecule has 0 radical (unpaired) electrons. The summed E-state index contributed by atoms with van der Waals surface area (Å²) in [6.45, 7) is 4.89. The van der Waals surface area contributed by atoms with Gasteiger partial charge in [-0.25, -0.2) is 0 Å². The third-order valence-corrected chi connectivity index (χ3v) is 4.37. The van der Waals surface area contributed by atoms with Crippen molar-refractivity contribution in [2.24, 2.45) is 5.92 Å². The van der Waals surface area contributed by atoms with E-state index in [1.165, 1.54) is 31.2 Å². The van der Waals surface area contributed by atoms with Gasteiger partial charge in [-0.1, -0.05) is 19.1 Å². The molecule has 116 valence electrons. The van der Waals surface area contributed by atoms with Crippen LogP contribution in [0.15, 0.2) is 24.3 Å². The number of hydrogen-bond acceptors (Lipinski definition) is 3. The molecule has 2 aliphatic rings. The van der Waals surface area contributed by atoms with Crippen LogP contribution in [-0.2, 0) is 4.74 Å². The van der Waals surface area contributed by atoms with E-state index in [4.69, 9.17) is 9.47 Å². The highest BCUT2D eigenvalue weighted by Crippen LogP contribution is 2.34. The summed E-state index contributed by atoms with van der Waals surface area (Å²) in [6.07, 6.45) is 6.43. The minimum atomic E-state index is 0.241. The molecule has 2 unspecified atom stereocenters. The van der Waals surface area contributed by atoms with Crippen LogP contribution in [0.2, 0.25) is 0 Å². The maximum Gasteiger partial charge on any atom is 0.119 e. The molecular formula is C18H27NO2. The zero-order chi connectivity index (χ0) is 14.5.